The van der Waals surface area contributed by atoms with Crippen LogP contribution in [0.3, 0.4) is 0 Å². The summed E-state index contributed by atoms with van der Waals surface area (Å²) in [4.78, 5) is 16.0. The smallest absolute Gasteiger partial charge is 0.238 e. The van der Waals surface area contributed by atoms with Crippen molar-refractivity contribution in [3.8, 4) is 0 Å². The second kappa shape index (κ2) is 5.50. The number of nitrogens with zero attached hydrogens (tertiary/aromatic N) is 2. The van der Waals surface area contributed by atoms with Crippen LogP contribution in [0.25, 0.3) is 0 Å². The van der Waals surface area contributed by atoms with Gasteiger partial charge in [-0.25, -0.2) is 0 Å². The van der Waals surface area contributed by atoms with Gasteiger partial charge in [0.2, 0.25) is 5.91 Å². The van der Waals surface area contributed by atoms with E-state index in [9.17, 15) is 4.79 Å². The maximum absolute atomic E-state index is 11.9. The van der Waals surface area contributed by atoms with Crippen LogP contribution in [0, 0.1) is 6.92 Å². The molecule has 4 heteroatoms. The summed E-state index contributed by atoms with van der Waals surface area (Å²) in [7, 11) is 4.05. The average Bonchev–Trinajstić information content (AvgIpc) is 2.68. The Balaban J connectivity index is 2.16. The van der Waals surface area contributed by atoms with Gasteiger partial charge in [-0.2, -0.15) is 0 Å². The summed E-state index contributed by atoms with van der Waals surface area (Å²) < 4.78 is 0. The lowest BCUT2D eigenvalue weighted by Gasteiger charge is -2.27. The summed E-state index contributed by atoms with van der Waals surface area (Å²) in [6.07, 6.45) is 0.0265. The van der Waals surface area contributed by atoms with Gasteiger partial charge in [-0.3, -0.25) is 10.1 Å². The molecular formula is C14H21N3O. The predicted molar refractivity (Wildman–Crippen MR) is 72.2 cm³/mol. The Kier molecular flexibility index (Phi) is 3.99. The zero-order valence-electron chi connectivity index (χ0n) is 11.3. The van der Waals surface area contributed by atoms with Crippen molar-refractivity contribution in [3.63, 3.8) is 0 Å². The molecule has 4 nitrogen and oxygen atoms in total. The predicted octanol–water partition coefficient (Wildman–Crippen LogP) is 0.987. The van der Waals surface area contributed by atoms with Gasteiger partial charge < -0.3 is 9.80 Å². The van der Waals surface area contributed by atoms with Gasteiger partial charge in [0.05, 0.1) is 6.54 Å². The number of benzene rings is 1. The van der Waals surface area contributed by atoms with E-state index in [-0.39, 0.29) is 12.1 Å². The first-order valence-corrected chi connectivity index (χ1v) is 6.32. The first-order valence-electron chi connectivity index (χ1n) is 6.32. The van der Waals surface area contributed by atoms with Crippen LogP contribution in [0.2, 0.25) is 0 Å². The summed E-state index contributed by atoms with van der Waals surface area (Å²) in [6.45, 7) is 4.17. The average molecular weight is 247 g/mol. The molecule has 1 atom stereocenters. The van der Waals surface area contributed by atoms with Gasteiger partial charge in [-0.05, 0) is 32.1 Å². The van der Waals surface area contributed by atoms with E-state index in [1.54, 1.807) is 0 Å². The van der Waals surface area contributed by atoms with E-state index in [2.05, 4.69) is 29.3 Å². The Labute approximate surface area is 109 Å². The second-order valence-electron chi connectivity index (χ2n) is 5.03. The zero-order chi connectivity index (χ0) is 13.1. The molecule has 1 aliphatic heterocycles. The number of carbonyl (C=O) groups excluding carboxylic acids is 1. The van der Waals surface area contributed by atoms with Crippen molar-refractivity contribution in [2.24, 2.45) is 0 Å². The second-order valence-corrected chi connectivity index (χ2v) is 5.03. The Morgan fingerprint density at radius 1 is 1.39 bits per heavy atom. The maximum atomic E-state index is 11.9. The SMILES string of the molecule is Cc1ccccc1C1NCC(=O)N1CCN(C)C. The molecule has 0 bridgehead atoms. The molecule has 1 fully saturated rings. The number of amides is 1. The summed E-state index contributed by atoms with van der Waals surface area (Å²) in [5.74, 6) is 0.185. The molecule has 0 aromatic heterocycles. The normalized spacial score (nSPS) is 19.9. The highest BCUT2D eigenvalue weighted by atomic mass is 16.2. The van der Waals surface area contributed by atoms with E-state index in [1.807, 2.05) is 31.1 Å². The summed E-state index contributed by atoms with van der Waals surface area (Å²) in [5.41, 5.74) is 2.42. The number of nitrogens with one attached hydrogen (secondary N) is 1. The topological polar surface area (TPSA) is 35.6 Å². The van der Waals surface area contributed by atoms with Gasteiger partial charge >= 0.3 is 0 Å². The Morgan fingerprint density at radius 2 is 2.11 bits per heavy atom. The van der Waals surface area contributed by atoms with Crippen LogP contribution in [0.15, 0.2) is 24.3 Å². The zero-order valence-corrected chi connectivity index (χ0v) is 11.3. The monoisotopic (exact) mass is 247 g/mol. The molecule has 0 radical (unpaired) electrons. The summed E-state index contributed by atoms with van der Waals surface area (Å²) in [6, 6.07) is 8.23. The molecule has 1 unspecified atom stereocenters. The third-order valence-corrected chi connectivity index (χ3v) is 3.35. The number of carbonyl (C=O) groups is 1. The van der Waals surface area contributed by atoms with Crippen LogP contribution in [0.5, 0.6) is 0 Å². The molecule has 2 rings (SSSR count). The number of hydrogen-bond acceptors (Lipinski definition) is 3. The van der Waals surface area contributed by atoms with Crippen molar-refractivity contribution < 1.29 is 4.79 Å². The van der Waals surface area contributed by atoms with Gasteiger partial charge in [0.15, 0.2) is 0 Å². The third kappa shape index (κ3) is 2.71. The molecule has 98 valence electrons. The number of rotatable bonds is 4. The number of aryl methyl sites for hydroxylation is 1. The van der Waals surface area contributed by atoms with Crippen LogP contribution in [-0.2, 0) is 4.79 Å². The van der Waals surface area contributed by atoms with Crippen molar-refractivity contribution in [1.82, 2.24) is 15.1 Å². The highest BCUT2D eigenvalue weighted by Crippen LogP contribution is 2.24. The minimum atomic E-state index is 0.0265. The fourth-order valence-corrected chi connectivity index (χ4v) is 2.27. The van der Waals surface area contributed by atoms with Crippen molar-refractivity contribution in [1.29, 1.82) is 0 Å². The molecule has 1 aliphatic rings. The molecule has 1 amide bonds. The molecule has 1 heterocycles. The molecule has 18 heavy (non-hydrogen) atoms. The van der Waals surface area contributed by atoms with Crippen LogP contribution >= 0.6 is 0 Å². The summed E-state index contributed by atoms with van der Waals surface area (Å²) in [5, 5.41) is 3.30. The van der Waals surface area contributed by atoms with Gasteiger partial charge in [-0.15, -0.1) is 0 Å². The Bertz CT molecular complexity index is 431. The van der Waals surface area contributed by atoms with Crippen LogP contribution in [0.4, 0.5) is 0 Å². The first kappa shape index (κ1) is 13.1. The van der Waals surface area contributed by atoms with Gasteiger partial charge in [0.25, 0.3) is 0 Å². The maximum Gasteiger partial charge on any atom is 0.238 e. The van der Waals surface area contributed by atoms with E-state index in [0.717, 1.165) is 13.1 Å². The fourth-order valence-electron chi connectivity index (χ4n) is 2.27. The lowest BCUT2D eigenvalue weighted by Crippen LogP contribution is -2.36. The van der Waals surface area contributed by atoms with Crippen LogP contribution in [-0.4, -0.2) is 49.4 Å². The number of likely N-dealkylation sites (N-methyl/N-ethyl adjacent to an activating group) is 1. The van der Waals surface area contributed by atoms with E-state index in [4.69, 9.17) is 0 Å². The van der Waals surface area contributed by atoms with E-state index < -0.39 is 0 Å². The molecule has 1 saturated heterocycles. The van der Waals surface area contributed by atoms with Crippen LogP contribution in [0.1, 0.15) is 17.3 Å². The minimum absolute atomic E-state index is 0.0265. The standard InChI is InChI=1S/C14H21N3O/c1-11-6-4-5-7-12(11)14-15-10-13(18)17(14)9-8-16(2)3/h4-7,14-15H,8-10H2,1-3H3. The molecule has 0 aliphatic carbocycles. The third-order valence-electron chi connectivity index (χ3n) is 3.35. The first-order chi connectivity index (χ1) is 8.59. The van der Waals surface area contributed by atoms with Crippen molar-refractivity contribution in [2.75, 3.05) is 33.7 Å². The largest absolute Gasteiger partial charge is 0.321 e. The van der Waals surface area contributed by atoms with Crippen LogP contribution < -0.4 is 5.32 Å². The van der Waals surface area contributed by atoms with E-state index in [0.29, 0.717) is 6.54 Å². The molecule has 1 aromatic carbocycles. The van der Waals surface area contributed by atoms with E-state index >= 15 is 0 Å². The quantitative estimate of drug-likeness (QED) is 0.862. The van der Waals surface area contributed by atoms with Gasteiger partial charge in [0, 0.05) is 13.1 Å². The van der Waals surface area contributed by atoms with Gasteiger partial charge in [-0.1, -0.05) is 24.3 Å². The molecule has 1 aromatic rings. The molecular weight excluding hydrogens is 226 g/mol. The van der Waals surface area contributed by atoms with Crippen molar-refractivity contribution >= 4 is 5.91 Å². The van der Waals surface area contributed by atoms with Crippen molar-refractivity contribution in [2.45, 2.75) is 13.1 Å². The van der Waals surface area contributed by atoms with Gasteiger partial charge in [0.1, 0.15) is 6.17 Å². The number of hydrogen-bond donors (Lipinski definition) is 1. The minimum Gasteiger partial charge on any atom is -0.321 e. The molecule has 1 N–H and O–H groups in total. The molecule has 0 saturated carbocycles. The Morgan fingerprint density at radius 3 is 2.78 bits per heavy atom. The highest BCUT2D eigenvalue weighted by molar-refractivity contribution is 5.81. The lowest BCUT2D eigenvalue weighted by molar-refractivity contribution is -0.128. The summed E-state index contributed by atoms with van der Waals surface area (Å²) >= 11 is 0. The van der Waals surface area contributed by atoms with Crippen molar-refractivity contribution in [3.05, 3.63) is 35.4 Å². The lowest BCUT2D eigenvalue weighted by atomic mass is 10.1. The fraction of sp³-hybridized carbons (Fsp3) is 0.500. The Hall–Kier alpha value is -1.39. The molecule has 0 spiro atoms. The van der Waals surface area contributed by atoms with E-state index in [1.165, 1.54) is 11.1 Å². The highest BCUT2D eigenvalue weighted by Gasteiger charge is 2.31.